The number of ether oxygens (including phenoxy) is 1. The lowest BCUT2D eigenvalue weighted by atomic mass is 10.2. The molecule has 7 heteroatoms. The normalized spacial score (nSPS) is 10.8. The van der Waals surface area contributed by atoms with E-state index in [2.05, 4.69) is 4.98 Å². The van der Waals surface area contributed by atoms with Crippen LogP contribution in [0.4, 0.5) is 0 Å². The molecule has 0 saturated heterocycles. The molecule has 140 valence electrons. The number of fused-ring (bicyclic) bond motifs is 1. The highest BCUT2D eigenvalue weighted by molar-refractivity contribution is 7.99. The van der Waals surface area contributed by atoms with E-state index in [4.69, 9.17) is 4.74 Å². The number of benzene rings is 2. The molecule has 0 bridgehead atoms. The van der Waals surface area contributed by atoms with Crippen LogP contribution in [0, 0.1) is 0 Å². The Labute approximate surface area is 161 Å². The van der Waals surface area contributed by atoms with Crippen molar-refractivity contribution < 1.29 is 9.53 Å². The van der Waals surface area contributed by atoms with Crippen molar-refractivity contribution in [3.05, 3.63) is 64.4 Å². The molecule has 0 fully saturated rings. The van der Waals surface area contributed by atoms with E-state index in [0.29, 0.717) is 22.6 Å². The summed E-state index contributed by atoms with van der Waals surface area (Å²) in [6.45, 7) is 0.487. The van der Waals surface area contributed by atoms with Crippen molar-refractivity contribution >= 4 is 28.6 Å². The van der Waals surface area contributed by atoms with Crippen molar-refractivity contribution in [2.24, 2.45) is 7.05 Å². The summed E-state index contributed by atoms with van der Waals surface area (Å²) in [5.74, 6) is 0.933. The van der Waals surface area contributed by atoms with E-state index in [1.807, 2.05) is 36.4 Å². The van der Waals surface area contributed by atoms with Crippen LogP contribution in [-0.4, -0.2) is 40.3 Å². The average molecular weight is 383 g/mol. The van der Waals surface area contributed by atoms with Crippen LogP contribution in [0.3, 0.4) is 0 Å². The summed E-state index contributed by atoms with van der Waals surface area (Å²) in [6, 6.07) is 14.8. The highest BCUT2D eigenvalue weighted by Crippen LogP contribution is 2.18. The lowest BCUT2D eigenvalue weighted by molar-refractivity contribution is -0.127. The Morgan fingerprint density at radius 2 is 2.00 bits per heavy atom. The maximum atomic E-state index is 12.5. The van der Waals surface area contributed by atoms with Gasteiger partial charge in [-0.1, -0.05) is 36.0 Å². The van der Waals surface area contributed by atoms with E-state index in [1.165, 1.54) is 16.3 Å². The largest absolute Gasteiger partial charge is 0.497 e. The molecule has 2 aromatic carbocycles. The van der Waals surface area contributed by atoms with Crippen molar-refractivity contribution in [3.63, 3.8) is 0 Å². The molecule has 3 aromatic rings. The molecule has 27 heavy (non-hydrogen) atoms. The molecule has 1 amide bonds. The third-order valence-corrected chi connectivity index (χ3v) is 5.26. The number of rotatable bonds is 6. The van der Waals surface area contributed by atoms with E-state index in [0.717, 1.165) is 11.3 Å². The molecule has 6 nitrogen and oxygen atoms in total. The number of hydrogen-bond acceptors (Lipinski definition) is 5. The Kier molecular flexibility index (Phi) is 5.81. The molecule has 1 aromatic heterocycles. The van der Waals surface area contributed by atoms with Gasteiger partial charge >= 0.3 is 0 Å². The van der Waals surface area contributed by atoms with Crippen molar-refractivity contribution in [1.29, 1.82) is 0 Å². The van der Waals surface area contributed by atoms with Crippen LogP contribution in [0.1, 0.15) is 5.56 Å². The van der Waals surface area contributed by atoms with Crippen LogP contribution in [0.2, 0.25) is 0 Å². The average Bonchev–Trinajstić information content (AvgIpc) is 2.69. The van der Waals surface area contributed by atoms with Crippen LogP contribution in [0.5, 0.6) is 5.75 Å². The first-order valence-electron chi connectivity index (χ1n) is 8.45. The minimum absolute atomic E-state index is 0.0368. The predicted octanol–water partition coefficient (Wildman–Crippen LogP) is 2.69. The standard InChI is InChI=1S/C20H21N3O3S/c1-22(12-14-7-6-8-15(11-14)26-3)18(24)13-27-20-21-17-10-5-4-9-16(17)19(25)23(20)2/h4-11H,12-13H2,1-3H3. The minimum Gasteiger partial charge on any atom is -0.497 e. The second kappa shape index (κ2) is 8.26. The van der Waals surface area contributed by atoms with Gasteiger partial charge in [-0.15, -0.1) is 0 Å². The van der Waals surface area contributed by atoms with Crippen molar-refractivity contribution in [2.45, 2.75) is 11.7 Å². The quantitative estimate of drug-likeness (QED) is 0.484. The zero-order chi connectivity index (χ0) is 19.4. The van der Waals surface area contributed by atoms with Crippen LogP contribution in [-0.2, 0) is 18.4 Å². The second-order valence-electron chi connectivity index (χ2n) is 6.17. The van der Waals surface area contributed by atoms with Gasteiger partial charge < -0.3 is 9.64 Å². The SMILES string of the molecule is COc1cccc(CN(C)C(=O)CSc2nc3ccccc3c(=O)n2C)c1. The highest BCUT2D eigenvalue weighted by atomic mass is 32.2. The molecule has 0 saturated carbocycles. The number of carbonyl (C=O) groups is 1. The van der Waals surface area contributed by atoms with Gasteiger partial charge in [-0.3, -0.25) is 14.2 Å². The van der Waals surface area contributed by atoms with Crippen molar-refractivity contribution in [3.8, 4) is 5.75 Å². The number of amides is 1. The van der Waals surface area contributed by atoms with Crippen LogP contribution in [0.15, 0.2) is 58.5 Å². The molecule has 3 rings (SSSR count). The smallest absolute Gasteiger partial charge is 0.261 e. The second-order valence-corrected chi connectivity index (χ2v) is 7.11. The van der Waals surface area contributed by atoms with Gasteiger partial charge in [0.1, 0.15) is 5.75 Å². The van der Waals surface area contributed by atoms with Crippen LogP contribution >= 0.6 is 11.8 Å². The molecule has 0 radical (unpaired) electrons. The summed E-state index contributed by atoms with van der Waals surface area (Å²) in [6.07, 6.45) is 0. The van der Waals surface area contributed by atoms with E-state index < -0.39 is 0 Å². The fraction of sp³-hybridized carbons (Fsp3) is 0.250. The Hall–Kier alpha value is -2.80. The lowest BCUT2D eigenvalue weighted by Gasteiger charge is -2.18. The maximum Gasteiger partial charge on any atom is 0.261 e. The Morgan fingerprint density at radius 1 is 1.22 bits per heavy atom. The van der Waals surface area contributed by atoms with Gasteiger partial charge in [-0.05, 0) is 29.8 Å². The number of aromatic nitrogens is 2. The topological polar surface area (TPSA) is 64.4 Å². The number of methoxy groups -OCH3 is 1. The maximum absolute atomic E-state index is 12.5. The first-order valence-corrected chi connectivity index (χ1v) is 9.43. The number of hydrogen-bond donors (Lipinski definition) is 0. The summed E-state index contributed by atoms with van der Waals surface area (Å²) in [4.78, 5) is 31.1. The summed E-state index contributed by atoms with van der Waals surface area (Å²) < 4.78 is 6.70. The number of nitrogens with zero attached hydrogens (tertiary/aromatic N) is 3. The molecule has 0 aliphatic rings. The summed E-state index contributed by atoms with van der Waals surface area (Å²) in [5, 5.41) is 1.10. The van der Waals surface area contributed by atoms with Gasteiger partial charge in [0, 0.05) is 20.6 Å². The van der Waals surface area contributed by atoms with Gasteiger partial charge in [-0.25, -0.2) is 4.98 Å². The lowest BCUT2D eigenvalue weighted by Crippen LogP contribution is -2.28. The number of thioether (sulfide) groups is 1. The molecule has 0 unspecified atom stereocenters. The molecule has 0 aliphatic heterocycles. The zero-order valence-electron chi connectivity index (χ0n) is 15.5. The summed E-state index contributed by atoms with van der Waals surface area (Å²) in [7, 11) is 5.05. The molecular formula is C20H21N3O3S. The first-order chi connectivity index (χ1) is 13.0. The third-order valence-electron chi connectivity index (χ3n) is 4.25. The fourth-order valence-corrected chi connectivity index (χ4v) is 3.61. The molecule has 0 aliphatic carbocycles. The predicted molar refractivity (Wildman–Crippen MR) is 107 cm³/mol. The summed E-state index contributed by atoms with van der Waals surface area (Å²) in [5.41, 5.74) is 1.52. The van der Waals surface area contributed by atoms with E-state index in [-0.39, 0.29) is 17.2 Å². The third kappa shape index (κ3) is 4.31. The monoisotopic (exact) mass is 383 g/mol. The molecular weight excluding hydrogens is 362 g/mol. The van der Waals surface area contributed by atoms with Crippen LogP contribution in [0.25, 0.3) is 10.9 Å². The Morgan fingerprint density at radius 3 is 2.78 bits per heavy atom. The number of carbonyl (C=O) groups excluding carboxylic acids is 1. The molecule has 1 heterocycles. The van der Waals surface area contributed by atoms with E-state index in [9.17, 15) is 9.59 Å². The minimum atomic E-state index is -0.111. The van der Waals surface area contributed by atoms with Crippen molar-refractivity contribution in [2.75, 3.05) is 19.9 Å². The molecule has 0 atom stereocenters. The van der Waals surface area contributed by atoms with Crippen LogP contribution < -0.4 is 10.3 Å². The molecule has 0 N–H and O–H groups in total. The van der Waals surface area contributed by atoms with Gasteiger partial charge in [0.15, 0.2) is 5.16 Å². The van der Waals surface area contributed by atoms with Gasteiger partial charge in [0.2, 0.25) is 5.91 Å². The number of para-hydroxylation sites is 1. The summed E-state index contributed by atoms with van der Waals surface area (Å²) >= 11 is 1.27. The van der Waals surface area contributed by atoms with Gasteiger partial charge in [-0.2, -0.15) is 0 Å². The Balaban J connectivity index is 1.69. The zero-order valence-corrected chi connectivity index (χ0v) is 16.3. The highest BCUT2D eigenvalue weighted by Gasteiger charge is 2.14. The van der Waals surface area contributed by atoms with Crippen molar-refractivity contribution in [1.82, 2.24) is 14.5 Å². The van der Waals surface area contributed by atoms with Gasteiger partial charge in [0.25, 0.3) is 5.56 Å². The van der Waals surface area contributed by atoms with Gasteiger partial charge in [0.05, 0.1) is 23.8 Å². The van der Waals surface area contributed by atoms with E-state index >= 15 is 0 Å². The first kappa shape index (κ1) is 19.0. The Bertz CT molecular complexity index is 1030. The molecule has 0 spiro atoms. The van der Waals surface area contributed by atoms with E-state index in [1.54, 1.807) is 38.2 Å². The fourth-order valence-electron chi connectivity index (χ4n) is 2.70.